The van der Waals surface area contributed by atoms with E-state index in [0.717, 1.165) is 45.9 Å². The fourth-order valence-corrected chi connectivity index (χ4v) is 3.77. The molecular weight excluding hydrogens is 534 g/mol. The zero-order valence-electron chi connectivity index (χ0n) is 30.2. The van der Waals surface area contributed by atoms with Crippen molar-refractivity contribution in [2.75, 3.05) is 10.6 Å². The van der Waals surface area contributed by atoms with Gasteiger partial charge in [0.25, 0.3) is 0 Å². The standard InChI is InChI=1S/C35H45N3.3C2H6/c1-24(2)19-25(3)20-28(6)37-34-14-12-13-32(23-34)26(4)21-31-15-17-33(18-16-31)38-30(8)36-29(7)22-27(5)35(9,10)11;3*1-2/h12-19,22-23,36-38H,3-4,6-8,20-21H2,1-2,5,9-11H3;3*1-2H3/b27-22+;;;. The molecular formula is C41H63N3. The second kappa shape index (κ2) is 22.5. The molecule has 2 aromatic rings. The van der Waals surface area contributed by atoms with Gasteiger partial charge in [-0.25, -0.2) is 0 Å². The molecule has 0 amide bonds. The van der Waals surface area contributed by atoms with Crippen molar-refractivity contribution in [3.05, 3.63) is 139 Å². The van der Waals surface area contributed by atoms with Crippen LogP contribution >= 0.6 is 0 Å². The number of benzene rings is 2. The van der Waals surface area contributed by atoms with Gasteiger partial charge in [0.2, 0.25) is 0 Å². The lowest BCUT2D eigenvalue weighted by Gasteiger charge is -2.20. The average molecular weight is 598 g/mol. The van der Waals surface area contributed by atoms with E-state index in [9.17, 15) is 0 Å². The molecule has 0 spiro atoms. The fraction of sp³-hybridized carbons (Fsp3) is 0.366. The molecule has 0 aromatic heterocycles. The summed E-state index contributed by atoms with van der Waals surface area (Å²) in [7, 11) is 0. The number of allylic oxidation sites excluding steroid dienone is 6. The minimum atomic E-state index is 0.104. The first-order valence-corrected chi connectivity index (χ1v) is 16.0. The minimum Gasteiger partial charge on any atom is -0.359 e. The van der Waals surface area contributed by atoms with Crippen LogP contribution < -0.4 is 16.0 Å². The van der Waals surface area contributed by atoms with Crippen LogP contribution in [-0.2, 0) is 6.42 Å². The van der Waals surface area contributed by atoms with Gasteiger partial charge in [0.05, 0.1) is 0 Å². The first-order chi connectivity index (χ1) is 20.7. The summed E-state index contributed by atoms with van der Waals surface area (Å²) in [6.07, 6.45) is 5.61. The number of hydrogen-bond acceptors (Lipinski definition) is 3. The Morgan fingerprint density at radius 3 is 1.82 bits per heavy atom. The lowest BCUT2D eigenvalue weighted by Crippen LogP contribution is -2.17. The summed E-state index contributed by atoms with van der Waals surface area (Å²) in [6.45, 7) is 45.6. The zero-order valence-corrected chi connectivity index (χ0v) is 30.2. The molecule has 0 radical (unpaired) electrons. The van der Waals surface area contributed by atoms with E-state index in [4.69, 9.17) is 0 Å². The van der Waals surface area contributed by atoms with Gasteiger partial charge in [0, 0.05) is 29.2 Å². The van der Waals surface area contributed by atoms with Crippen molar-refractivity contribution in [3.8, 4) is 0 Å². The molecule has 0 heterocycles. The Kier molecular flexibility index (Phi) is 21.6. The van der Waals surface area contributed by atoms with Gasteiger partial charge in [-0.1, -0.05) is 137 Å². The molecule has 0 saturated heterocycles. The SMILES string of the molecule is C=C(C=C(C)C)CC(=C)Nc1cccc(C(=C)Cc2ccc(NC(=C)NC(=C)/C=C(\C)C(C)(C)C)cc2)c1.CC.CC.CC. The van der Waals surface area contributed by atoms with Crippen LogP contribution in [0, 0.1) is 5.41 Å². The second-order valence-corrected chi connectivity index (χ2v) is 11.2. The predicted octanol–water partition coefficient (Wildman–Crippen LogP) is 12.8. The van der Waals surface area contributed by atoms with Crippen molar-refractivity contribution in [3.63, 3.8) is 0 Å². The van der Waals surface area contributed by atoms with Crippen LogP contribution in [0.25, 0.3) is 5.57 Å². The number of rotatable bonds is 13. The Morgan fingerprint density at radius 1 is 0.727 bits per heavy atom. The Bertz CT molecular complexity index is 1260. The molecule has 0 atom stereocenters. The maximum Gasteiger partial charge on any atom is 0.100 e. The first-order valence-electron chi connectivity index (χ1n) is 16.0. The van der Waals surface area contributed by atoms with Gasteiger partial charge in [0.1, 0.15) is 5.82 Å². The molecule has 0 fully saturated rings. The van der Waals surface area contributed by atoms with Crippen molar-refractivity contribution in [1.29, 1.82) is 0 Å². The highest BCUT2D eigenvalue weighted by atomic mass is 15.1. The summed E-state index contributed by atoms with van der Waals surface area (Å²) in [4.78, 5) is 0. The van der Waals surface area contributed by atoms with Crippen molar-refractivity contribution < 1.29 is 0 Å². The van der Waals surface area contributed by atoms with Gasteiger partial charge < -0.3 is 16.0 Å². The molecule has 0 aliphatic carbocycles. The minimum absolute atomic E-state index is 0.104. The van der Waals surface area contributed by atoms with E-state index >= 15 is 0 Å². The third kappa shape index (κ3) is 17.9. The van der Waals surface area contributed by atoms with Crippen molar-refractivity contribution in [1.82, 2.24) is 5.32 Å². The molecule has 0 aliphatic rings. The monoisotopic (exact) mass is 598 g/mol. The highest BCUT2D eigenvalue weighted by Crippen LogP contribution is 2.26. The highest BCUT2D eigenvalue weighted by molar-refractivity contribution is 5.69. The molecule has 3 heteroatoms. The Morgan fingerprint density at radius 2 is 1.30 bits per heavy atom. The van der Waals surface area contributed by atoms with E-state index in [0.29, 0.717) is 12.2 Å². The molecule has 0 unspecified atom stereocenters. The van der Waals surface area contributed by atoms with Crippen molar-refractivity contribution in [2.24, 2.45) is 5.41 Å². The van der Waals surface area contributed by atoms with Crippen molar-refractivity contribution in [2.45, 2.75) is 95.9 Å². The molecule has 0 saturated carbocycles. The maximum atomic E-state index is 4.34. The van der Waals surface area contributed by atoms with E-state index in [1.807, 2.05) is 53.7 Å². The molecule has 0 aliphatic heterocycles. The topological polar surface area (TPSA) is 36.1 Å². The molecule has 3 nitrogen and oxygen atoms in total. The van der Waals surface area contributed by atoms with Gasteiger partial charge in [-0.3, -0.25) is 0 Å². The average Bonchev–Trinajstić information content (AvgIpc) is 2.96. The van der Waals surface area contributed by atoms with E-state index in [1.165, 1.54) is 16.7 Å². The third-order valence-electron chi connectivity index (χ3n) is 6.08. The van der Waals surface area contributed by atoms with Gasteiger partial charge >= 0.3 is 0 Å². The van der Waals surface area contributed by atoms with Gasteiger partial charge in [-0.2, -0.15) is 0 Å². The number of nitrogens with one attached hydrogen (secondary N) is 3. The predicted molar refractivity (Wildman–Crippen MR) is 204 cm³/mol. The van der Waals surface area contributed by atoms with E-state index in [1.54, 1.807) is 0 Å². The normalized spacial score (nSPS) is 10.1. The number of anilines is 2. The van der Waals surface area contributed by atoms with Gasteiger partial charge in [-0.15, -0.1) is 0 Å². The van der Waals surface area contributed by atoms with E-state index < -0.39 is 0 Å². The molecule has 242 valence electrons. The fourth-order valence-electron chi connectivity index (χ4n) is 3.77. The maximum absolute atomic E-state index is 4.34. The summed E-state index contributed by atoms with van der Waals surface area (Å²) in [5.74, 6) is 0.681. The first kappa shape index (κ1) is 42.2. The van der Waals surface area contributed by atoms with Crippen LogP contribution in [0.3, 0.4) is 0 Å². The summed E-state index contributed by atoms with van der Waals surface area (Å²) in [5, 5.41) is 9.93. The summed E-state index contributed by atoms with van der Waals surface area (Å²) >= 11 is 0. The van der Waals surface area contributed by atoms with Crippen LogP contribution in [0.2, 0.25) is 0 Å². The quantitative estimate of drug-likeness (QED) is 0.201. The largest absolute Gasteiger partial charge is 0.359 e. The molecule has 2 rings (SSSR count). The second-order valence-electron chi connectivity index (χ2n) is 11.2. The molecule has 0 bridgehead atoms. The van der Waals surface area contributed by atoms with Crippen LogP contribution in [0.5, 0.6) is 0 Å². The Hall–Kier alpha value is -3.98. The van der Waals surface area contributed by atoms with Gasteiger partial charge in [0.15, 0.2) is 0 Å². The highest BCUT2D eigenvalue weighted by Gasteiger charge is 2.12. The summed E-state index contributed by atoms with van der Waals surface area (Å²) in [5.41, 5.74) is 10.6. The van der Waals surface area contributed by atoms with Crippen LogP contribution in [0.4, 0.5) is 11.4 Å². The third-order valence-corrected chi connectivity index (χ3v) is 6.08. The summed E-state index contributed by atoms with van der Waals surface area (Å²) in [6, 6.07) is 16.6. The molecule has 44 heavy (non-hydrogen) atoms. The Labute approximate surface area is 272 Å². The smallest absolute Gasteiger partial charge is 0.100 e. The van der Waals surface area contributed by atoms with Gasteiger partial charge in [-0.05, 0) is 85.2 Å². The van der Waals surface area contributed by atoms with Crippen LogP contribution in [0.15, 0.2) is 128 Å². The van der Waals surface area contributed by atoms with Crippen LogP contribution in [-0.4, -0.2) is 0 Å². The number of hydrogen-bond donors (Lipinski definition) is 3. The summed E-state index contributed by atoms with van der Waals surface area (Å²) < 4.78 is 0. The zero-order chi connectivity index (χ0) is 34.5. The van der Waals surface area contributed by atoms with E-state index in [-0.39, 0.29) is 5.41 Å². The molecule has 2 aromatic carbocycles. The lowest BCUT2D eigenvalue weighted by molar-refractivity contribution is 0.503. The Balaban J connectivity index is 0. The van der Waals surface area contributed by atoms with Crippen molar-refractivity contribution >= 4 is 16.9 Å². The molecule has 3 N–H and O–H groups in total. The van der Waals surface area contributed by atoms with Crippen LogP contribution in [0.1, 0.15) is 101 Å². The lowest BCUT2D eigenvalue weighted by atomic mass is 9.87. The van der Waals surface area contributed by atoms with E-state index in [2.05, 4.69) is 139 Å².